The Bertz CT molecular complexity index is 811. The highest BCUT2D eigenvalue weighted by Gasteiger charge is 2.32. The molecule has 1 atom stereocenters. The molecule has 1 fully saturated rings. The number of nitrogens with one attached hydrogen (secondary N) is 1. The normalized spacial score (nSPS) is 15.7. The molecule has 1 aromatic carbocycles. The molecule has 142 valence electrons. The highest BCUT2D eigenvalue weighted by Crippen LogP contribution is 2.15. The number of esters is 1. The number of carbonyl (C=O) groups is 3. The minimum Gasteiger partial charge on any atom is -0.452 e. The monoisotopic (exact) mass is 387 g/mol. The number of amides is 3. The van der Waals surface area contributed by atoms with E-state index >= 15 is 0 Å². The van der Waals surface area contributed by atoms with Crippen LogP contribution in [0.4, 0.5) is 9.18 Å². The molecule has 1 aromatic rings. The summed E-state index contributed by atoms with van der Waals surface area (Å²) in [5.41, 5.74) is 0. The van der Waals surface area contributed by atoms with E-state index in [1.54, 1.807) is 0 Å². The van der Waals surface area contributed by atoms with Crippen LogP contribution in [-0.4, -0.2) is 68.3 Å². The summed E-state index contributed by atoms with van der Waals surface area (Å²) in [5, 5.41) is 2.44. The lowest BCUT2D eigenvalue weighted by Gasteiger charge is -2.20. The molecule has 1 saturated heterocycles. The molecule has 26 heavy (non-hydrogen) atoms. The molecule has 3 amide bonds. The summed E-state index contributed by atoms with van der Waals surface area (Å²) in [6.07, 6.45) is -1.24. The zero-order valence-corrected chi connectivity index (χ0v) is 15.0. The molecule has 9 nitrogen and oxygen atoms in total. The maximum Gasteiger partial charge on any atom is 0.324 e. The van der Waals surface area contributed by atoms with Crippen LogP contribution in [0.25, 0.3) is 0 Å². The van der Waals surface area contributed by atoms with Gasteiger partial charge in [-0.05, 0) is 31.2 Å². The van der Waals surface area contributed by atoms with Gasteiger partial charge in [-0.3, -0.25) is 14.5 Å². The van der Waals surface area contributed by atoms with Crippen molar-refractivity contribution in [3.8, 4) is 0 Å². The van der Waals surface area contributed by atoms with Gasteiger partial charge in [0.25, 0.3) is 5.91 Å². The van der Waals surface area contributed by atoms with Gasteiger partial charge in [0.15, 0.2) is 6.10 Å². The number of halogens is 1. The molecule has 11 heteroatoms. The van der Waals surface area contributed by atoms with Crippen molar-refractivity contribution >= 4 is 27.9 Å². The molecular weight excluding hydrogens is 369 g/mol. The Morgan fingerprint density at radius 3 is 2.50 bits per heavy atom. The Hall–Kier alpha value is -2.53. The fourth-order valence-electron chi connectivity index (χ4n) is 2.24. The van der Waals surface area contributed by atoms with Crippen LogP contribution in [0, 0.1) is 5.82 Å². The van der Waals surface area contributed by atoms with E-state index in [-0.39, 0.29) is 11.4 Å². The Balaban J connectivity index is 1.96. The predicted molar refractivity (Wildman–Crippen MR) is 86.9 cm³/mol. The molecule has 0 spiro atoms. The van der Waals surface area contributed by atoms with Crippen molar-refractivity contribution in [2.24, 2.45) is 0 Å². The van der Waals surface area contributed by atoms with E-state index < -0.39 is 46.4 Å². The number of carbonyl (C=O) groups excluding carboxylic acids is 3. The molecule has 1 aliphatic rings. The van der Waals surface area contributed by atoms with Crippen LogP contribution in [-0.2, 0) is 24.3 Å². The van der Waals surface area contributed by atoms with Crippen molar-refractivity contribution in [1.29, 1.82) is 0 Å². The number of sulfonamides is 1. The number of hydrogen-bond acceptors (Lipinski definition) is 6. The van der Waals surface area contributed by atoms with Crippen molar-refractivity contribution in [3.05, 3.63) is 30.1 Å². The number of urea groups is 1. The van der Waals surface area contributed by atoms with Crippen molar-refractivity contribution in [1.82, 2.24) is 14.5 Å². The van der Waals surface area contributed by atoms with E-state index in [4.69, 9.17) is 4.74 Å². The molecule has 1 unspecified atom stereocenters. The van der Waals surface area contributed by atoms with Crippen LogP contribution in [0.1, 0.15) is 6.92 Å². The summed E-state index contributed by atoms with van der Waals surface area (Å²) in [5.74, 6) is -2.25. The summed E-state index contributed by atoms with van der Waals surface area (Å²) >= 11 is 0. The summed E-state index contributed by atoms with van der Waals surface area (Å²) in [4.78, 5) is 36.1. The first-order valence-electron chi connectivity index (χ1n) is 7.63. The third-order valence-electron chi connectivity index (χ3n) is 3.65. The molecule has 0 aromatic heterocycles. The number of imide groups is 1. The minimum absolute atomic E-state index is 0.165. The van der Waals surface area contributed by atoms with Gasteiger partial charge in [-0.15, -0.1) is 0 Å². The van der Waals surface area contributed by atoms with Crippen molar-refractivity contribution < 1.29 is 31.9 Å². The molecule has 0 bridgehead atoms. The van der Waals surface area contributed by atoms with Crippen LogP contribution in [0.2, 0.25) is 0 Å². The predicted octanol–water partition coefficient (Wildman–Crippen LogP) is -0.0703. The van der Waals surface area contributed by atoms with Crippen molar-refractivity contribution in [2.45, 2.75) is 17.9 Å². The zero-order valence-electron chi connectivity index (χ0n) is 14.1. The van der Waals surface area contributed by atoms with E-state index in [0.29, 0.717) is 6.54 Å². The quantitative estimate of drug-likeness (QED) is 0.684. The highest BCUT2D eigenvalue weighted by molar-refractivity contribution is 7.89. The van der Waals surface area contributed by atoms with Crippen LogP contribution >= 0.6 is 0 Å². The van der Waals surface area contributed by atoms with Gasteiger partial charge in [0, 0.05) is 20.1 Å². The summed E-state index contributed by atoms with van der Waals surface area (Å²) in [6, 6.07) is 3.55. The number of hydrogen-bond donors (Lipinski definition) is 1. The molecule has 1 N–H and O–H groups in total. The van der Waals surface area contributed by atoms with Crippen LogP contribution in [0.5, 0.6) is 0 Å². The molecule has 0 aliphatic carbocycles. The summed E-state index contributed by atoms with van der Waals surface area (Å²) < 4.78 is 43.2. The SMILES string of the molecule is CC(OC(=O)CN(C)S(=O)(=O)c1ccc(F)cc1)C(=O)N1CCNC1=O. The van der Waals surface area contributed by atoms with Gasteiger partial charge in [-0.25, -0.2) is 17.6 Å². The standard InChI is InChI=1S/C15H18FN3O6S/c1-10(14(21)19-8-7-17-15(19)22)25-13(20)9-18(2)26(23,24)12-5-3-11(16)4-6-12/h3-6,10H,7-9H2,1-2H3,(H,17,22). The largest absolute Gasteiger partial charge is 0.452 e. The topological polar surface area (TPSA) is 113 Å². The maximum absolute atomic E-state index is 12.9. The maximum atomic E-state index is 12.9. The number of likely N-dealkylation sites (N-methyl/N-ethyl adjacent to an activating group) is 1. The van der Waals surface area contributed by atoms with Gasteiger partial charge in [-0.2, -0.15) is 4.31 Å². The Kier molecular flexibility index (Phi) is 5.93. The number of ether oxygens (including phenoxy) is 1. The lowest BCUT2D eigenvalue weighted by Crippen LogP contribution is -2.43. The second kappa shape index (κ2) is 7.79. The number of benzene rings is 1. The van der Waals surface area contributed by atoms with E-state index in [9.17, 15) is 27.2 Å². The lowest BCUT2D eigenvalue weighted by atomic mass is 10.3. The smallest absolute Gasteiger partial charge is 0.324 e. The van der Waals surface area contributed by atoms with Gasteiger partial charge >= 0.3 is 12.0 Å². The average Bonchev–Trinajstić information content (AvgIpc) is 3.00. The molecule has 0 radical (unpaired) electrons. The summed E-state index contributed by atoms with van der Waals surface area (Å²) in [7, 11) is -2.87. The Morgan fingerprint density at radius 2 is 1.96 bits per heavy atom. The third-order valence-corrected chi connectivity index (χ3v) is 5.47. The molecule has 1 heterocycles. The van der Waals surface area contributed by atoms with E-state index in [2.05, 4.69) is 5.32 Å². The third kappa shape index (κ3) is 4.35. The van der Waals surface area contributed by atoms with Crippen molar-refractivity contribution in [3.63, 3.8) is 0 Å². The molecule has 2 rings (SSSR count). The minimum atomic E-state index is -4.02. The van der Waals surface area contributed by atoms with E-state index in [0.717, 1.165) is 40.5 Å². The second-order valence-electron chi connectivity index (χ2n) is 5.57. The van der Waals surface area contributed by atoms with Gasteiger partial charge in [-0.1, -0.05) is 0 Å². The first-order chi connectivity index (χ1) is 12.1. The van der Waals surface area contributed by atoms with Crippen molar-refractivity contribution in [2.75, 3.05) is 26.7 Å². The van der Waals surface area contributed by atoms with E-state index in [1.165, 1.54) is 6.92 Å². The van der Waals surface area contributed by atoms with Gasteiger partial charge in [0.1, 0.15) is 12.4 Å². The van der Waals surface area contributed by atoms with Gasteiger partial charge in [0.2, 0.25) is 10.0 Å². The van der Waals surface area contributed by atoms with Crippen LogP contribution < -0.4 is 5.32 Å². The first-order valence-corrected chi connectivity index (χ1v) is 9.07. The highest BCUT2D eigenvalue weighted by atomic mass is 32.2. The fourth-order valence-corrected chi connectivity index (χ4v) is 3.35. The van der Waals surface area contributed by atoms with E-state index in [1.807, 2.05) is 0 Å². The number of nitrogens with zero attached hydrogens (tertiary/aromatic N) is 2. The van der Waals surface area contributed by atoms with Crippen LogP contribution in [0.15, 0.2) is 29.2 Å². The lowest BCUT2D eigenvalue weighted by molar-refractivity contribution is -0.157. The van der Waals surface area contributed by atoms with Gasteiger partial charge in [0.05, 0.1) is 4.90 Å². The second-order valence-corrected chi connectivity index (χ2v) is 7.61. The zero-order chi connectivity index (χ0) is 19.5. The number of rotatable bonds is 6. The first kappa shape index (κ1) is 19.8. The molecule has 0 saturated carbocycles. The molecular formula is C15H18FN3O6S. The Morgan fingerprint density at radius 1 is 1.35 bits per heavy atom. The Labute approximate surface area is 149 Å². The van der Waals surface area contributed by atoms with Gasteiger partial charge < -0.3 is 10.1 Å². The fraction of sp³-hybridized carbons (Fsp3) is 0.400. The van der Waals surface area contributed by atoms with Crippen LogP contribution in [0.3, 0.4) is 0 Å². The average molecular weight is 387 g/mol. The molecule has 1 aliphatic heterocycles. The summed E-state index contributed by atoms with van der Waals surface area (Å²) in [6.45, 7) is 1.12.